The Balaban J connectivity index is 0. The number of unbranched alkanes of at least 4 members (excludes halogenated alkanes) is 1. The van der Waals surface area contributed by atoms with Crippen LogP contribution in [-0.4, -0.2) is 43.4 Å². The number of hydrogen-bond acceptors (Lipinski definition) is 3. The van der Waals surface area contributed by atoms with Gasteiger partial charge in [0.15, 0.2) is 0 Å². The molecule has 0 heterocycles. The molecule has 0 rings (SSSR count). The Hall–Kier alpha value is -0.810. The molecule has 0 saturated heterocycles. The first-order chi connectivity index (χ1) is 6.95. The lowest BCUT2D eigenvalue weighted by Gasteiger charge is -2.16. The molecule has 96 valence electrons. The summed E-state index contributed by atoms with van der Waals surface area (Å²) in [4.78, 5) is 23.4. The third-order valence-corrected chi connectivity index (χ3v) is 2.07. The molecule has 3 N–H and O–H groups in total. The van der Waals surface area contributed by atoms with Crippen LogP contribution in [0, 0.1) is 0 Å². The van der Waals surface area contributed by atoms with Gasteiger partial charge >= 0.3 is 0 Å². The minimum Gasteiger partial charge on any atom is -0.356 e. The van der Waals surface area contributed by atoms with Crippen molar-refractivity contribution >= 4 is 24.2 Å². The van der Waals surface area contributed by atoms with Gasteiger partial charge in [0.05, 0.1) is 6.04 Å². The molecule has 0 bridgehead atoms. The molecule has 1 atom stereocenters. The molecule has 0 aliphatic rings. The van der Waals surface area contributed by atoms with E-state index in [0.29, 0.717) is 13.0 Å². The van der Waals surface area contributed by atoms with Crippen LogP contribution in [0.2, 0.25) is 0 Å². The maximum absolute atomic E-state index is 11.3. The summed E-state index contributed by atoms with van der Waals surface area (Å²) in [5, 5.41) is 2.70. The largest absolute Gasteiger partial charge is 0.356 e. The first-order valence-electron chi connectivity index (χ1n) is 5.16. The molecule has 2 amide bonds. The molecular weight excluding hydrogens is 230 g/mol. The fraction of sp³-hybridized carbons (Fsp3) is 0.800. The van der Waals surface area contributed by atoms with E-state index in [0.717, 1.165) is 12.8 Å². The SMILES string of the molecule is CC(=O)NCCCC[C@H](N)C(=O)N(C)C.Cl. The summed E-state index contributed by atoms with van der Waals surface area (Å²) in [5.74, 6) is -0.0711. The van der Waals surface area contributed by atoms with Crippen molar-refractivity contribution in [3.05, 3.63) is 0 Å². The molecule has 0 spiro atoms. The molecular formula is C10H22ClN3O2. The van der Waals surface area contributed by atoms with Crippen LogP contribution < -0.4 is 11.1 Å². The number of halogens is 1. The Kier molecular flexibility index (Phi) is 10.3. The fourth-order valence-electron chi connectivity index (χ4n) is 1.21. The Labute approximate surface area is 103 Å². The van der Waals surface area contributed by atoms with E-state index >= 15 is 0 Å². The smallest absolute Gasteiger partial charge is 0.238 e. The average Bonchev–Trinajstić information content (AvgIpc) is 2.15. The molecule has 0 unspecified atom stereocenters. The molecule has 0 fully saturated rings. The number of nitrogens with zero attached hydrogens (tertiary/aromatic N) is 1. The quantitative estimate of drug-likeness (QED) is 0.659. The molecule has 16 heavy (non-hydrogen) atoms. The summed E-state index contributed by atoms with van der Waals surface area (Å²) in [5.41, 5.74) is 5.68. The molecule has 0 saturated carbocycles. The van der Waals surface area contributed by atoms with Crippen LogP contribution in [0.3, 0.4) is 0 Å². The van der Waals surface area contributed by atoms with Gasteiger partial charge in [0.2, 0.25) is 11.8 Å². The zero-order valence-electron chi connectivity index (χ0n) is 10.2. The third kappa shape index (κ3) is 8.49. The average molecular weight is 252 g/mol. The number of hydrogen-bond donors (Lipinski definition) is 2. The molecule has 0 aromatic heterocycles. The Bertz CT molecular complexity index is 222. The van der Waals surface area contributed by atoms with Gasteiger partial charge in [0.25, 0.3) is 0 Å². The maximum Gasteiger partial charge on any atom is 0.238 e. The highest BCUT2D eigenvalue weighted by molar-refractivity contribution is 5.85. The molecule has 0 aliphatic heterocycles. The number of rotatable bonds is 6. The van der Waals surface area contributed by atoms with Crippen LogP contribution in [0.1, 0.15) is 26.2 Å². The second kappa shape index (κ2) is 9.42. The minimum atomic E-state index is -0.419. The van der Waals surface area contributed by atoms with Crippen LogP contribution in [0.5, 0.6) is 0 Å². The van der Waals surface area contributed by atoms with Crippen molar-refractivity contribution in [3.8, 4) is 0 Å². The first-order valence-corrected chi connectivity index (χ1v) is 5.16. The van der Waals surface area contributed by atoms with Gasteiger partial charge < -0.3 is 16.0 Å². The second-order valence-corrected chi connectivity index (χ2v) is 3.82. The lowest BCUT2D eigenvalue weighted by atomic mass is 10.1. The van der Waals surface area contributed by atoms with Crippen molar-refractivity contribution in [2.75, 3.05) is 20.6 Å². The number of nitrogens with two attached hydrogens (primary N) is 1. The molecule has 0 aromatic rings. The zero-order chi connectivity index (χ0) is 11.8. The first kappa shape index (κ1) is 17.6. The van der Waals surface area contributed by atoms with Gasteiger partial charge in [-0.15, -0.1) is 12.4 Å². The van der Waals surface area contributed by atoms with Crippen LogP contribution in [0.4, 0.5) is 0 Å². The van der Waals surface area contributed by atoms with E-state index in [2.05, 4.69) is 5.32 Å². The van der Waals surface area contributed by atoms with Gasteiger partial charge in [-0.3, -0.25) is 9.59 Å². The Morgan fingerprint density at radius 3 is 2.31 bits per heavy atom. The highest BCUT2D eigenvalue weighted by atomic mass is 35.5. The summed E-state index contributed by atoms with van der Waals surface area (Å²) < 4.78 is 0. The van der Waals surface area contributed by atoms with E-state index in [4.69, 9.17) is 5.73 Å². The van der Waals surface area contributed by atoms with E-state index in [-0.39, 0.29) is 24.2 Å². The second-order valence-electron chi connectivity index (χ2n) is 3.82. The van der Waals surface area contributed by atoms with Gasteiger partial charge in [-0.2, -0.15) is 0 Å². The van der Waals surface area contributed by atoms with Gasteiger partial charge in [-0.1, -0.05) is 0 Å². The number of carbonyl (C=O) groups excluding carboxylic acids is 2. The van der Waals surface area contributed by atoms with Crippen LogP contribution in [0.15, 0.2) is 0 Å². The number of carbonyl (C=O) groups is 2. The van der Waals surface area contributed by atoms with Gasteiger partial charge in [0.1, 0.15) is 0 Å². The predicted molar refractivity (Wildman–Crippen MR) is 66.5 cm³/mol. The van der Waals surface area contributed by atoms with Gasteiger partial charge in [0, 0.05) is 27.6 Å². The van der Waals surface area contributed by atoms with Crippen molar-refractivity contribution < 1.29 is 9.59 Å². The highest BCUT2D eigenvalue weighted by Gasteiger charge is 2.14. The number of likely N-dealkylation sites (N-methyl/N-ethyl adjacent to an activating group) is 1. The Morgan fingerprint density at radius 2 is 1.88 bits per heavy atom. The van der Waals surface area contributed by atoms with Gasteiger partial charge in [-0.25, -0.2) is 0 Å². The number of amides is 2. The maximum atomic E-state index is 11.3. The van der Waals surface area contributed by atoms with Crippen molar-refractivity contribution in [3.63, 3.8) is 0 Å². The third-order valence-electron chi connectivity index (χ3n) is 2.07. The van der Waals surface area contributed by atoms with Crippen LogP contribution in [-0.2, 0) is 9.59 Å². The van der Waals surface area contributed by atoms with Crippen molar-refractivity contribution in [1.82, 2.24) is 10.2 Å². The van der Waals surface area contributed by atoms with E-state index in [1.807, 2.05) is 0 Å². The van der Waals surface area contributed by atoms with E-state index in [1.165, 1.54) is 11.8 Å². The monoisotopic (exact) mass is 251 g/mol. The lowest BCUT2D eigenvalue weighted by molar-refractivity contribution is -0.130. The van der Waals surface area contributed by atoms with Crippen LogP contribution in [0.25, 0.3) is 0 Å². The topological polar surface area (TPSA) is 75.4 Å². The highest BCUT2D eigenvalue weighted by Crippen LogP contribution is 2.00. The fourth-order valence-corrected chi connectivity index (χ4v) is 1.21. The standard InChI is InChI=1S/C10H21N3O2.ClH/c1-8(14)12-7-5-4-6-9(11)10(15)13(2)3;/h9H,4-7,11H2,1-3H3,(H,12,14);1H/t9-;/m0./s1. The summed E-state index contributed by atoms with van der Waals surface area (Å²) in [6.45, 7) is 2.14. The number of nitrogens with one attached hydrogen (secondary N) is 1. The Morgan fingerprint density at radius 1 is 1.31 bits per heavy atom. The molecule has 5 nitrogen and oxygen atoms in total. The van der Waals surface area contributed by atoms with Crippen molar-refractivity contribution in [1.29, 1.82) is 0 Å². The summed E-state index contributed by atoms with van der Waals surface area (Å²) >= 11 is 0. The summed E-state index contributed by atoms with van der Waals surface area (Å²) in [6.07, 6.45) is 2.37. The molecule has 0 aromatic carbocycles. The molecule has 0 aliphatic carbocycles. The van der Waals surface area contributed by atoms with Crippen molar-refractivity contribution in [2.24, 2.45) is 5.73 Å². The zero-order valence-corrected chi connectivity index (χ0v) is 11.0. The van der Waals surface area contributed by atoms with Crippen LogP contribution >= 0.6 is 12.4 Å². The van der Waals surface area contributed by atoms with Crippen molar-refractivity contribution in [2.45, 2.75) is 32.2 Å². The van der Waals surface area contributed by atoms with E-state index < -0.39 is 6.04 Å². The molecule has 0 radical (unpaired) electrons. The molecule has 6 heteroatoms. The van der Waals surface area contributed by atoms with Gasteiger partial charge in [-0.05, 0) is 19.3 Å². The summed E-state index contributed by atoms with van der Waals surface area (Å²) in [6, 6.07) is -0.419. The van der Waals surface area contributed by atoms with E-state index in [9.17, 15) is 9.59 Å². The van der Waals surface area contributed by atoms with E-state index in [1.54, 1.807) is 14.1 Å². The predicted octanol–water partition coefficient (Wildman–Crippen LogP) is 0.130. The lowest BCUT2D eigenvalue weighted by Crippen LogP contribution is -2.39. The summed E-state index contributed by atoms with van der Waals surface area (Å²) in [7, 11) is 3.39. The normalized spacial score (nSPS) is 11.2. The minimum absolute atomic E-state index is 0.